The van der Waals surface area contributed by atoms with Gasteiger partial charge in [0.15, 0.2) is 0 Å². The van der Waals surface area contributed by atoms with Crippen molar-refractivity contribution in [2.24, 2.45) is 5.84 Å². The molecule has 0 amide bonds. The molecule has 20 heavy (non-hydrogen) atoms. The normalized spacial score (nSPS) is 12.5. The summed E-state index contributed by atoms with van der Waals surface area (Å²) in [6.07, 6.45) is 0. The SMILES string of the molecule is Cc1cc(C)c(C(NN)c2ccc(F)c(Cl)c2)c(F)c1. The average Bonchev–Trinajstić information content (AvgIpc) is 2.37. The predicted molar refractivity (Wildman–Crippen MR) is 76.5 cm³/mol. The van der Waals surface area contributed by atoms with E-state index in [-0.39, 0.29) is 10.8 Å². The standard InChI is InChI=1S/C15H15ClF2N2/c1-8-5-9(2)14(13(18)6-8)15(20-19)10-3-4-12(17)11(16)7-10/h3-7,15,20H,19H2,1-2H3. The van der Waals surface area contributed by atoms with E-state index in [1.807, 2.05) is 13.0 Å². The van der Waals surface area contributed by atoms with Gasteiger partial charge in [0.05, 0.1) is 11.1 Å². The molecular weight excluding hydrogens is 282 g/mol. The predicted octanol–water partition coefficient (Wildman–Crippen LogP) is 3.79. The molecule has 0 aliphatic heterocycles. The Morgan fingerprint density at radius 3 is 2.35 bits per heavy atom. The van der Waals surface area contributed by atoms with Gasteiger partial charge in [-0.1, -0.05) is 23.7 Å². The molecular formula is C15H15ClF2N2. The van der Waals surface area contributed by atoms with E-state index in [1.165, 1.54) is 24.3 Å². The van der Waals surface area contributed by atoms with Crippen LogP contribution in [0.1, 0.15) is 28.3 Å². The lowest BCUT2D eigenvalue weighted by Gasteiger charge is -2.20. The van der Waals surface area contributed by atoms with Gasteiger partial charge in [-0.2, -0.15) is 0 Å². The highest BCUT2D eigenvalue weighted by Crippen LogP contribution is 2.29. The molecule has 2 aromatic carbocycles. The molecule has 0 heterocycles. The molecule has 2 aromatic rings. The lowest BCUT2D eigenvalue weighted by atomic mass is 9.93. The number of hydrogen-bond donors (Lipinski definition) is 2. The van der Waals surface area contributed by atoms with Gasteiger partial charge in [-0.15, -0.1) is 0 Å². The van der Waals surface area contributed by atoms with Crippen LogP contribution in [0, 0.1) is 25.5 Å². The fourth-order valence-electron chi connectivity index (χ4n) is 2.33. The minimum Gasteiger partial charge on any atom is -0.271 e. The summed E-state index contributed by atoms with van der Waals surface area (Å²) in [6, 6.07) is 6.94. The monoisotopic (exact) mass is 296 g/mol. The lowest BCUT2D eigenvalue weighted by Crippen LogP contribution is -2.30. The Kier molecular flexibility index (Phi) is 4.38. The van der Waals surface area contributed by atoms with Crippen molar-refractivity contribution in [2.75, 3.05) is 0 Å². The van der Waals surface area contributed by atoms with Crippen LogP contribution in [-0.4, -0.2) is 0 Å². The maximum absolute atomic E-state index is 14.2. The van der Waals surface area contributed by atoms with Gasteiger partial charge in [-0.25, -0.2) is 14.2 Å². The highest BCUT2D eigenvalue weighted by atomic mass is 35.5. The first kappa shape index (κ1) is 14.9. The molecule has 0 bridgehead atoms. The molecule has 0 aromatic heterocycles. The minimum absolute atomic E-state index is 0.0204. The van der Waals surface area contributed by atoms with Crippen molar-refractivity contribution in [1.29, 1.82) is 0 Å². The van der Waals surface area contributed by atoms with Crippen LogP contribution < -0.4 is 11.3 Å². The van der Waals surface area contributed by atoms with Crippen molar-refractivity contribution in [3.05, 3.63) is 69.2 Å². The molecule has 0 aliphatic carbocycles. The first-order valence-electron chi connectivity index (χ1n) is 6.11. The number of hydrogen-bond acceptors (Lipinski definition) is 2. The minimum atomic E-state index is -0.589. The zero-order valence-corrected chi connectivity index (χ0v) is 11.9. The number of halogens is 3. The molecule has 0 saturated carbocycles. The van der Waals surface area contributed by atoms with Crippen LogP contribution in [0.4, 0.5) is 8.78 Å². The Balaban J connectivity index is 2.55. The van der Waals surface area contributed by atoms with Crippen LogP contribution >= 0.6 is 11.6 Å². The maximum Gasteiger partial charge on any atom is 0.141 e. The second kappa shape index (κ2) is 5.87. The zero-order valence-electron chi connectivity index (χ0n) is 11.2. The summed E-state index contributed by atoms with van der Waals surface area (Å²) in [6.45, 7) is 3.63. The van der Waals surface area contributed by atoms with Gasteiger partial charge in [0.2, 0.25) is 0 Å². The number of hydrazine groups is 1. The van der Waals surface area contributed by atoms with Gasteiger partial charge < -0.3 is 0 Å². The quantitative estimate of drug-likeness (QED) is 0.668. The summed E-state index contributed by atoms with van der Waals surface area (Å²) < 4.78 is 27.4. The number of nitrogens with two attached hydrogens (primary N) is 1. The summed E-state index contributed by atoms with van der Waals surface area (Å²) in [5.41, 5.74) is 5.19. The van der Waals surface area contributed by atoms with E-state index in [0.717, 1.165) is 11.1 Å². The van der Waals surface area contributed by atoms with Crippen molar-refractivity contribution in [1.82, 2.24) is 5.43 Å². The van der Waals surface area contributed by atoms with Crippen LogP contribution in [-0.2, 0) is 0 Å². The second-order valence-corrected chi connectivity index (χ2v) is 5.16. The van der Waals surface area contributed by atoms with Crippen LogP contribution in [0.3, 0.4) is 0 Å². The molecule has 2 nitrogen and oxygen atoms in total. The van der Waals surface area contributed by atoms with E-state index < -0.39 is 11.9 Å². The third-order valence-electron chi connectivity index (χ3n) is 3.21. The number of aryl methyl sites for hydroxylation is 2. The summed E-state index contributed by atoms with van der Waals surface area (Å²) in [5, 5.41) is -0.0204. The Labute approximate surface area is 121 Å². The summed E-state index contributed by atoms with van der Waals surface area (Å²) in [7, 11) is 0. The summed E-state index contributed by atoms with van der Waals surface area (Å²) in [5.74, 6) is 4.67. The van der Waals surface area contributed by atoms with E-state index in [9.17, 15) is 8.78 Å². The highest BCUT2D eigenvalue weighted by Gasteiger charge is 2.20. The molecule has 0 fully saturated rings. The van der Waals surface area contributed by atoms with E-state index in [1.54, 1.807) is 6.92 Å². The van der Waals surface area contributed by atoms with Crippen molar-refractivity contribution < 1.29 is 8.78 Å². The second-order valence-electron chi connectivity index (χ2n) is 4.75. The molecule has 0 saturated heterocycles. The van der Waals surface area contributed by atoms with Crippen LogP contribution in [0.5, 0.6) is 0 Å². The largest absolute Gasteiger partial charge is 0.271 e. The van der Waals surface area contributed by atoms with Crippen molar-refractivity contribution in [2.45, 2.75) is 19.9 Å². The average molecular weight is 297 g/mol. The van der Waals surface area contributed by atoms with Crippen molar-refractivity contribution >= 4 is 11.6 Å². The molecule has 0 aliphatic rings. The Hall–Kier alpha value is -1.49. The van der Waals surface area contributed by atoms with Crippen LogP contribution in [0.25, 0.3) is 0 Å². The van der Waals surface area contributed by atoms with Gasteiger partial charge in [-0.3, -0.25) is 5.84 Å². The van der Waals surface area contributed by atoms with E-state index in [4.69, 9.17) is 17.4 Å². The fourth-order valence-corrected chi connectivity index (χ4v) is 2.52. The van der Waals surface area contributed by atoms with E-state index in [0.29, 0.717) is 11.1 Å². The molecule has 1 atom stereocenters. The maximum atomic E-state index is 14.2. The Bertz CT molecular complexity index is 621. The molecule has 0 radical (unpaired) electrons. The summed E-state index contributed by atoms with van der Waals surface area (Å²) >= 11 is 5.77. The third kappa shape index (κ3) is 2.82. The molecule has 106 valence electrons. The Morgan fingerprint density at radius 1 is 1.10 bits per heavy atom. The van der Waals surface area contributed by atoms with Crippen molar-refractivity contribution in [3.8, 4) is 0 Å². The van der Waals surface area contributed by atoms with Gasteiger partial charge in [0.25, 0.3) is 0 Å². The van der Waals surface area contributed by atoms with Gasteiger partial charge in [0.1, 0.15) is 11.6 Å². The fraction of sp³-hybridized carbons (Fsp3) is 0.200. The first-order valence-corrected chi connectivity index (χ1v) is 6.49. The molecule has 5 heteroatoms. The van der Waals surface area contributed by atoms with Gasteiger partial charge in [-0.05, 0) is 48.7 Å². The number of benzene rings is 2. The van der Waals surface area contributed by atoms with Crippen LogP contribution in [0.15, 0.2) is 30.3 Å². The van der Waals surface area contributed by atoms with Crippen LogP contribution in [0.2, 0.25) is 5.02 Å². The first-order chi connectivity index (χ1) is 9.43. The molecule has 3 N–H and O–H groups in total. The highest BCUT2D eigenvalue weighted by molar-refractivity contribution is 6.30. The number of rotatable bonds is 3. The van der Waals surface area contributed by atoms with Gasteiger partial charge >= 0.3 is 0 Å². The smallest absolute Gasteiger partial charge is 0.141 e. The number of nitrogens with one attached hydrogen (secondary N) is 1. The van der Waals surface area contributed by atoms with Gasteiger partial charge in [0, 0.05) is 5.56 Å². The topological polar surface area (TPSA) is 38.0 Å². The molecule has 2 rings (SSSR count). The van der Waals surface area contributed by atoms with Crippen molar-refractivity contribution in [3.63, 3.8) is 0 Å². The molecule has 0 spiro atoms. The third-order valence-corrected chi connectivity index (χ3v) is 3.50. The summed E-state index contributed by atoms with van der Waals surface area (Å²) in [4.78, 5) is 0. The zero-order chi connectivity index (χ0) is 14.9. The van der Waals surface area contributed by atoms with E-state index >= 15 is 0 Å². The lowest BCUT2D eigenvalue weighted by molar-refractivity contribution is 0.555. The van der Waals surface area contributed by atoms with E-state index in [2.05, 4.69) is 5.43 Å². The molecule has 1 unspecified atom stereocenters. The Morgan fingerprint density at radius 2 is 1.80 bits per heavy atom.